The molecular formula is C23H19N5O2. The lowest BCUT2D eigenvalue weighted by atomic mass is 10.1. The van der Waals surface area contributed by atoms with Crippen LogP contribution in [0.5, 0.6) is 5.75 Å². The first-order valence-corrected chi connectivity index (χ1v) is 9.49. The number of imidazole rings is 1. The van der Waals surface area contributed by atoms with Gasteiger partial charge in [0.05, 0.1) is 18.3 Å². The molecule has 0 bridgehead atoms. The summed E-state index contributed by atoms with van der Waals surface area (Å²) in [5.41, 5.74) is 3.57. The maximum atomic E-state index is 12.8. The lowest BCUT2D eigenvalue weighted by Gasteiger charge is -2.03. The fourth-order valence-corrected chi connectivity index (χ4v) is 3.57. The molecule has 2 aromatic heterocycles. The summed E-state index contributed by atoms with van der Waals surface area (Å²) in [5, 5.41) is 12.3. The first-order chi connectivity index (χ1) is 14.6. The minimum absolute atomic E-state index is 0.313. The third-order valence-corrected chi connectivity index (χ3v) is 5.19. The van der Waals surface area contributed by atoms with E-state index in [4.69, 9.17) is 4.74 Å². The summed E-state index contributed by atoms with van der Waals surface area (Å²) in [6.07, 6.45) is 0. The molecule has 0 saturated carbocycles. The van der Waals surface area contributed by atoms with Gasteiger partial charge in [0.2, 0.25) is 5.95 Å². The molecule has 0 fully saturated rings. The van der Waals surface area contributed by atoms with E-state index in [-0.39, 0.29) is 5.91 Å². The van der Waals surface area contributed by atoms with Gasteiger partial charge in [-0.05, 0) is 35.0 Å². The van der Waals surface area contributed by atoms with Crippen molar-refractivity contribution in [3.05, 3.63) is 72.4 Å². The SMILES string of the molecule is COc1cccc2c1nc(NC(=O)c1cc(-c3ccc4ccccc4c3)n[nH]1)n2C. The summed E-state index contributed by atoms with van der Waals surface area (Å²) in [6.45, 7) is 0. The molecule has 0 aliphatic rings. The maximum Gasteiger partial charge on any atom is 0.275 e. The number of methoxy groups -OCH3 is 1. The average molecular weight is 397 g/mol. The highest BCUT2D eigenvalue weighted by molar-refractivity contribution is 6.03. The summed E-state index contributed by atoms with van der Waals surface area (Å²) in [6, 6.07) is 21.6. The van der Waals surface area contributed by atoms with Gasteiger partial charge in [-0.15, -0.1) is 0 Å². The van der Waals surface area contributed by atoms with Crippen molar-refractivity contribution in [2.45, 2.75) is 0 Å². The number of nitrogens with zero attached hydrogens (tertiary/aromatic N) is 3. The minimum Gasteiger partial charge on any atom is -0.494 e. The van der Waals surface area contributed by atoms with E-state index in [2.05, 4.69) is 38.7 Å². The number of fused-ring (bicyclic) bond motifs is 2. The number of carbonyl (C=O) groups excluding carboxylic acids is 1. The Bertz CT molecular complexity index is 1400. The van der Waals surface area contributed by atoms with Crippen LogP contribution in [-0.4, -0.2) is 32.8 Å². The fraction of sp³-hybridized carbons (Fsp3) is 0.0870. The summed E-state index contributed by atoms with van der Waals surface area (Å²) in [5.74, 6) is 0.775. The molecule has 2 heterocycles. The fourth-order valence-electron chi connectivity index (χ4n) is 3.57. The smallest absolute Gasteiger partial charge is 0.275 e. The molecule has 148 valence electrons. The summed E-state index contributed by atoms with van der Waals surface area (Å²) < 4.78 is 7.18. The molecule has 1 amide bonds. The van der Waals surface area contributed by atoms with Crippen LogP contribution in [0.25, 0.3) is 33.1 Å². The van der Waals surface area contributed by atoms with E-state index in [1.54, 1.807) is 13.2 Å². The number of carbonyl (C=O) groups is 1. The van der Waals surface area contributed by atoms with Crippen molar-refractivity contribution in [3.8, 4) is 17.0 Å². The van der Waals surface area contributed by atoms with Gasteiger partial charge in [0.15, 0.2) is 0 Å². The molecule has 7 nitrogen and oxygen atoms in total. The molecule has 0 spiro atoms. The Morgan fingerprint density at radius 1 is 1.03 bits per heavy atom. The van der Waals surface area contributed by atoms with Crippen LogP contribution in [0, 0.1) is 0 Å². The van der Waals surface area contributed by atoms with Gasteiger partial charge in [0, 0.05) is 12.6 Å². The number of nitrogens with one attached hydrogen (secondary N) is 2. The number of amides is 1. The third kappa shape index (κ3) is 2.97. The van der Waals surface area contributed by atoms with Gasteiger partial charge in [-0.3, -0.25) is 15.2 Å². The van der Waals surface area contributed by atoms with Gasteiger partial charge in [0.25, 0.3) is 5.91 Å². The van der Waals surface area contributed by atoms with Crippen molar-refractivity contribution >= 4 is 33.7 Å². The zero-order chi connectivity index (χ0) is 20.7. The van der Waals surface area contributed by atoms with Crippen molar-refractivity contribution in [3.63, 3.8) is 0 Å². The Morgan fingerprint density at radius 2 is 1.87 bits per heavy atom. The molecular weight excluding hydrogens is 378 g/mol. The van der Waals surface area contributed by atoms with E-state index >= 15 is 0 Å². The lowest BCUT2D eigenvalue weighted by molar-refractivity contribution is 0.102. The molecule has 0 aliphatic heterocycles. The number of anilines is 1. The van der Waals surface area contributed by atoms with Crippen LogP contribution in [0.1, 0.15) is 10.5 Å². The Kier molecular flexibility index (Phi) is 4.21. The highest BCUT2D eigenvalue weighted by Gasteiger charge is 2.17. The van der Waals surface area contributed by atoms with Crippen molar-refractivity contribution in [1.82, 2.24) is 19.7 Å². The Balaban J connectivity index is 1.43. The molecule has 30 heavy (non-hydrogen) atoms. The Hall–Kier alpha value is -4.13. The Morgan fingerprint density at radius 3 is 2.70 bits per heavy atom. The molecule has 2 N–H and O–H groups in total. The topological polar surface area (TPSA) is 84.8 Å². The van der Waals surface area contributed by atoms with E-state index in [1.165, 1.54) is 0 Å². The quantitative estimate of drug-likeness (QED) is 0.471. The molecule has 5 rings (SSSR count). The van der Waals surface area contributed by atoms with Crippen LogP contribution in [0.2, 0.25) is 0 Å². The number of rotatable bonds is 4. The van der Waals surface area contributed by atoms with Gasteiger partial charge in [0.1, 0.15) is 17.0 Å². The van der Waals surface area contributed by atoms with Crippen LogP contribution in [0.3, 0.4) is 0 Å². The molecule has 7 heteroatoms. The molecule has 0 radical (unpaired) electrons. The normalized spacial score (nSPS) is 11.1. The number of hydrogen-bond acceptors (Lipinski definition) is 4. The number of benzene rings is 3. The minimum atomic E-state index is -0.313. The summed E-state index contributed by atoms with van der Waals surface area (Å²) in [7, 11) is 3.44. The largest absolute Gasteiger partial charge is 0.494 e. The predicted octanol–water partition coefficient (Wildman–Crippen LogP) is 4.38. The highest BCUT2D eigenvalue weighted by Crippen LogP contribution is 2.27. The standard InChI is InChI=1S/C23H19N5O2/c1-28-19-8-5-9-20(30-2)21(19)24-23(28)25-22(29)18-13-17(26-27-18)16-11-10-14-6-3-4-7-15(14)12-16/h3-13H,1-2H3,(H,26,27)(H,24,25,29). The van der Waals surface area contributed by atoms with Gasteiger partial charge >= 0.3 is 0 Å². The zero-order valence-corrected chi connectivity index (χ0v) is 16.5. The molecule has 0 saturated heterocycles. The number of hydrogen-bond donors (Lipinski definition) is 2. The van der Waals surface area contributed by atoms with E-state index in [9.17, 15) is 4.79 Å². The number of H-pyrrole nitrogens is 1. The summed E-state index contributed by atoms with van der Waals surface area (Å²) >= 11 is 0. The number of aromatic nitrogens is 4. The maximum absolute atomic E-state index is 12.8. The molecule has 0 unspecified atom stereocenters. The van der Waals surface area contributed by atoms with Crippen molar-refractivity contribution in [2.75, 3.05) is 12.4 Å². The van der Waals surface area contributed by atoms with Gasteiger partial charge in [-0.25, -0.2) is 4.98 Å². The van der Waals surface area contributed by atoms with Crippen molar-refractivity contribution in [2.24, 2.45) is 7.05 Å². The second-order valence-corrected chi connectivity index (χ2v) is 7.01. The molecule has 3 aromatic carbocycles. The molecule has 0 aliphatic carbocycles. The lowest BCUT2D eigenvalue weighted by Crippen LogP contribution is -2.15. The van der Waals surface area contributed by atoms with E-state index in [1.807, 2.05) is 54.1 Å². The van der Waals surface area contributed by atoms with E-state index < -0.39 is 0 Å². The third-order valence-electron chi connectivity index (χ3n) is 5.19. The Labute approximate surface area is 172 Å². The first-order valence-electron chi connectivity index (χ1n) is 9.49. The molecule has 0 atom stereocenters. The van der Waals surface area contributed by atoms with Crippen molar-refractivity contribution < 1.29 is 9.53 Å². The monoisotopic (exact) mass is 397 g/mol. The first kappa shape index (κ1) is 17.9. The van der Waals surface area contributed by atoms with Gasteiger partial charge in [-0.1, -0.05) is 42.5 Å². The van der Waals surface area contributed by atoms with Crippen LogP contribution in [-0.2, 0) is 7.05 Å². The van der Waals surface area contributed by atoms with E-state index in [0.29, 0.717) is 28.6 Å². The predicted molar refractivity (Wildman–Crippen MR) is 117 cm³/mol. The highest BCUT2D eigenvalue weighted by atomic mass is 16.5. The van der Waals surface area contributed by atoms with Crippen LogP contribution >= 0.6 is 0 Å². The van der Waals surface area contributed by atoms with E-state index in [0.717, 1.165) is 21.9 Å². The van der Waals surface area contributed by atoms with Crippen LogP contribution in [0.15, 0.2) is 66.7 Å². The second-order valence-electron chi connectivity index (χ2n) is 7.01. The molecule has 5 aromatic rings. The second kappa shape index (κ2) is 7.04. The van der Waals surface area contributed by atoms with Gasteiger partial charge < -0.3 is 9.30 Å². The number of aromatic amines is 1. The average Bonchev–Trinajstić information content (AvgIpc) is 3.39. The van der Waals surface area contributed by atoms with Gasteiger partial charge in [-0.2, -0.15) is 5.10 Å². The van der Waals surface area contributed by atoms with Crippen LogP contribution < -0.4 is 10.1 Å². The number of aryl methyl sites for hydroxylation is 1. The zero-order valence-electron chi connectivity index (χ0n) is 16.5. The van der Waals surface area contributed by atoms with Crippen molar-refractivity contribution in [1.29, 1.82) is 0 Å². The number of para-hydroxylation sites is 1. The summed E-state index contributed by atoms with van der Waals surface area (Å²) in [4.78, 5) is 17.3. The van der Waals surface area contributed by atoms with Crippen LogP contribution in [0.4, 0.5) is 5.95 Å². The number of ether oxygens (including phenoxy) is 1.